The summed E-state index contributed by atoms with van der Waals surface area (Å²) in [6.07, 6.45) is 0.973. The van der Waals surface area contributed by atoms with Crippen LogP contribution in [0.3, 0.4) is 0 Å². The molecule has 0 radical (unpaired) electrons. The molecule has 0 fully saturated rings. The predicted octanol–water partition coefficient (Wildman–Crippen LogP) is 3.80. The number of ether oxygens (including phenoxy) is 1. The lowest BCUT2D eigenvalue weighted by molar-refractivity contribution is 0.414. The molecule has 0 saturated carbocycles. The maximum Gasteiger partial charge on any atom is 0.118 e. The summed E-state index contributed by atoms with van der Waals surface area (Å²) in [5, 5.41) is 3.40. The minimum absolute atomic E-state index is 0.335. The zero-order valence-electron chi connectivity index (χ0n) is 11.2. The van der Waals surface area contributed by atoms with Crippen LogP contribution in [0.1, 0.15) is 17.2 Å². The van der Waals surface area contributed by atoms with Crippen LogP contribution >= 0.6 is 22.6 Å². The first-order chi connectivity index (χ1) is 9.24. The number of methoxy groups -OCH3 is 1. The summed E-state index contributed by atoms with van der Waals surface area (Å²) in [6, 6.07) is 17.1. The average Bonchev–Trinajstić information content (AvgIpc) is 2.46. The number of benzene rings is 2. The molecule has 0 spiro atoms. The van der Waals surface area contributed by atoms with E-state index in [0.29, 0.717) is 6.04 Å². The molecule has 1 N–H and O–H groups in total. The van der Waals surface area contributed by atoms with Gasteiger partial charge in [0, 0.05) is 9.61 Å². The maximum absolute atomic E-state index is 5.19. The molecule has 0 saturated heterocycles. The van der Waals surface area contributed by atoms with Crippen molar-refractivity contribution in [3.8, 4) is 5.75 Å². The van der Waals surface area contributed by atoms with E-state index in [9.17, 15) is 0 Å². The second-order valence-electron chi connectivity index (χ2n) is 4.41. The van der Waals surface area contributed by atoms with Gasteiger partial charge >= 0.3 is 0 Å². The fraction of sp³-hybridized carbons (Fsp3) is 0.250. The molecule has 0 bridgehead atoms. The van der Waals surface area contributed by atoms with Crippen LogP contribution in [0.2, 0.25) is 0 Å². The molecule has 2 aromatic carbocycles. The van der Waals surface area contributed by atoms with Crippen LogP contribution in [0.5, 0.6) is 5.75 Å². The molecular formula is C16H18INO. The molecule has 0 amide bonds. The summed E-state index contributed by atoms with van der Waals surface area (Å²) in [5.41, 5.74) is 2.65. The molecule has 3 heteroatoms. The van der Waals surface area contributed by atoms with Crippen LogP contribution in [0.15, 0.2) is 48.5 Å². The molecule has 2 nitrogen and oxygen atoms in total. The Hall–Kier alpha value is -1.07. The fourth-order valence-corrected chi connectivity index (χ4v) is 2.89. The number of likely N-dealkylation sites (N-methyl/N-ethyl adjacent to an activating group) is 1. The number of rotatable bonds is 5. The molecule has 0 aliphatic carbocycles. The Kier molecular flexibility index (Phi) is 5.22. The van der Waals surface area contributed by atoms with E-state index >= 15 is 0 Å². The molecule has 19 heavy (non-hydrogen) atoms. The maximum atomic E-state index is 5.19. The van der Waals surface area contributed by atoms with Crippen LogP contribution < -0.4 is 10.1 Å². The van der Waals surface area contributed by atoms with E-state index < -0.39 is 0 Å². The molecule has 0 heterocycles. The smallest absolute Gasteiger partial charge is 0.118 e. The summed E-state index contributed by atoms with van der Waals surface area (Å²) >= 11 is 2.39. The predicted molar refractivity (Wildman–Crippen MR) is 87.7 cm³/mol. The van der Waals surface area contributed by atoms with Gasteiger partial charge in [-0.05, 0) is 65.4 Å². The third-order valence-electron chi connectivity index (χ3n) is 3.23. The topological polar surface area (TPSA) is 21.3 Å². The van der Waals surface area contributed by atoms with Gasteiger partial charge in [-0.2, -0.15) is 0 Å². The lowest BCUT2D eigenvalue weighted by Crippen LogP contribution is -2.19. The highest BCUT2D eigenvalue weighted by Gasteiger charge is 2.12. The number of hydrogen-bond donors (Lipinski definition) is 1. The van der Waals surface area contributed by atoms with Gasteiger partial charge in [0.25, 0.3) is 0 Å². The minimum atomic E-state index is 0.335. The van der Waals surface area contributed by atoms with Crippen LogP contribution in [0.4, 0.5) is 0 Å². The van der Waals surface area contributed by atoms with Gasteiger partial charge in [0.1, 0.15) is 5.75 Å². The van der Waals surface area contributed by atoms with Gasteiger partial charge in [0.15, 0.2) is 0 Å². The molecule has 1 unspecified atom stereocenters. The van der Waals surface area contributed by atoms with Gasteiger partial charge < -0.3 is 10.1 Å². The Balaban J connectivity index is 2.17. The molecule has 2 aromatic rings. The number of hydrogen-bond acceptors (Lipinski definition) is 2. The van der Waals surface area contributed by atoms with E-state index in [1.165, 1.54) is 14.7 Å². The third-order valence-corrected chi connectivity index (χ3v) is 4.21. The van der Waals surface area contributed by atoms with Crippen molar-refractivity contribution in [3.05, 3.63) is 63.2 Å². The molecule has 0 aromatic heterocycles. The fourth-order valence-electron chi connectivity index (χ4n) is 2.12. The van der Waals surface area contributed by atoms with E-state index in [4.69, 9.17) is 4.74 Å². The zero-order valence-corrected chi connectivity index (χ0v) is 13.3. The van der Waals surface area contributed by atoms with Crippen molar-refractivity contribution in [2.45, 2.75) is 12.5 Å². The summed E-state index contributed by atoms with van der Waals surface area (Å²) in [6.45, 7) is 0. The molecule has 2 rings (SSSR count). The van der Waals surface area contributed by atoms with E-state index in [-0.39, 0.29) is 0 Å². The number of halogens is 1. The highest BCUT2D eigenvalue weighted by molar-refractivity contribution is 14.1. The third kappa shape index (κ3) is 3.70. The van der Waals surface area contributed by atoms with Gasteiger partial charge in [-0.1, -0.05) is 30.3 Å². The van der Waals surface area contributed by atoms with Gasteiger partial charge in [0.2, 0.25) is 0 Å². The van der Waals surface area contributed by atoms with E-state index in [1.54, 1.807) is 7.11 Å². The van der Waals surface area contributed by atoms with Gasteiger partial charge in [0.05, 0.1) is 7.11 Å². The first-order valence-corrected chi connectivity index (χ1v) is 7.37. The number of nitrogens with one attached hydrogen (secondary N) is 1. The molecule has 0 aliphatic heterocycles. The first-order valence-electron chi connectivity index (χ1n) is 6.29. The quantitative estimate of drug-likeness (QED) is 0.812. The highest BCUT2D eigenvalue weighted by Crippen LogP contribution is 2.24. The Labute approximate surface area is 128 Å². The second kappa shape index (κ2) is 6.91. The molecule has 0 aliphatic rings. The molecule has 100 valence electrons. The normalized spacial score (nSPS) is 12.2. The zero-order chi connectivity index (χ0) is 13.7. The van der Waals surface area contributed by atoms with E-state index in [2.05, 4.69) is 64.3 Å². The Morgan fingerprint density at radius 3 is 2.37 bits per heavy atom. The van der Waals surface area contributed by atoms with E-state index in [0.717, 1.165) is 12.2 Å². The molecular weight excluding hydrogens is 349 g/mol. The lowest BCUT2D eigenvalue weighted by atomic mass is 9.99. The summed E-state index contributed by atoms with van der Waals surface area (Å²) < 4.78 is 6.49. The standard InChI is InChI=1S/C16H18INO/c1-18-16(14-5-3-4-6-15(14)17)11-12-7-9-13(19-2)10-8-12/h3-10,16,18H,11H2,1-2H3. The SMILES string of the molecule is CNC(Cc1ccc(OC)cc1)c1ccccc1I. The largest absolute Gasteiger partial charge is 0.497 e. The van der Waals surface area contributed by atoms with Crippen molar-refractivity contribution in [2.24, 2.45) is 0 Å². The van der Waals surface area contributed by atoms with Crippen molar-refractivity contribution in [2.75, 3.05) is 14.2 Å². The van der Waals surface area contributed by atoms with Crippen molar-refractivity contribution in [1.29, 1.82) is 0 Å². The van der Waals surface area contributed by atoms with Crippen LogP contribution in [-0.2, 0) is 6.42 Å². The highest BCUT2D eigenvalue weighted by atomic mass is 127. The first kappa shape index (κ1) is 14.3. The monoisotopic (exact) mass is 367 g/mol. The minimum Gasteiger partial charge on any atom is -0.497 e. The van der Waals surface area contributed by atoms with Crippen LogP contribution in [-0.4, -0.2) is 14.2 Å². The van der Waals surface area contributed by atoms with Crippen LogP contribution in [0.25, 0.3) is 0 Å². The van der Waals surface area contributed by atoms with Crippen molar-refractivity contribution >= 4 is 22.6 Å². The summed E-state index contributed by atoms with van der Waals surface area (Å²) in [4.78, 5) is 0. The van der Waals surface area contributed by atoms with E-state index in [1.807, 2.05) is 19.2 Å². The summed E-state index contributed by atoms with van der Waals surface area (Å²) in [7, 11) is 3.70. The summed E-state index contributed by atoms with van der Waals surface area (Å²) in [5.74, 6) is 0.902. The van der Waals surface area contributed by atoms with Gasteiger partial charge in [-0.3, -0.25) is 0 Å². The Bertz CT molecular complexity index is 525. The van der Waals surface area contributed by atoms with Crippen LogP contribution in [0, 0.1) is 3.57 Å². The lowest BCUT2D eigenvalue weighted by Gasteiger charge is -2.18. The van der Waals surface area contributed by atoms with Crippen molar-refractivity contribution < 1.29 is 4.74 Å². The van der Waals surface area contributed by atoms with Crippen molar-refractivity contribution in [1.82, 2.24) is 5.32 Å². The van der Waals surface area contributed by atoms with Gasteiger partial charge in [-0.15, -0.1) is 0 Å². The Morgan fingerprint density at radius 2 is 1.79 bits per heavy atom. The second-order valence-corrected chi connectivity index (χ2v) is 5.58. The molecule has 1 atom stereocenters. The Morgan fingerprint density at radius 1 is 1.11 bits per heavy atom. The van der Waals surface area contributed by atoms with Gasteiger partial charge in [-0.25, -0.2) is 0 Å². The average molecular weight is 367 g/mol. The van der Waals surface area contributed by atoms with Crippen molar-refractivity contribution in [3.63, 3.8) is 0 Å².